The average Bonchev–Trinajstić information content (AvgIpc) is 3.48. The molecule has 5 nitrogen and oxygen atoms in total. The van der Waals surface area contributed by atoms with E-state index in [4.69, 9.17) is 5.10 Å². The van der Waals surface area contributed by atoms with Crippen LogP contribution in [0.25, 0.3) is 0 Å². The van der Waals surface area contributed by atoms with Crippen molar-refractivity contribution in [3.05, 3.63) is 72.3 Å². The maximum Gasteiger partial charge on any atom is 0.257 e. The predicted molar refractivity (Wildman–Crippen MR) is 117 cm³/mol. The van der Waals surface area contributed by atoms with E-state index in [1.165, 1.54) is 25.0 Å². The van der Waals surface area contributed by atoms with Gasteiger partial charge in [0.2, 0.25) is 0 Å². The molecule has 4 rings (SSSR count). The molecule has 0 radical (unpaired) electrons. The first-order valence-corrected chi connectivity index (χ1v) is 10.7. The maximum absolute atomic E-state index is 13.4. The Morgan fingerprint density at radius 3 is 2.63 bits per heavy atom. The van der Waals surface area contributed by atoms with E-state index >= 15 is 0 Å². The van der Waals surface area contributed by atoms with Crippen LogP contribution < -0.4 is 0 Å². The number of hydrazone groups is 1. The van der Waals surface area contributed by atoms with Gasteiger partial charge >= 0.3 is 0 Å². The van der Waals surface area contributed by atoms with Gasteiger partial charge in [0.1, 0.15) is 11.9 Å². The fourth-order valence-electron chi connectivity index (χ4n) is 4.63. The molecular formula is C24H29FN4O. The molecule has 0 spiro atoms. The summed E-state index contributed by atoms with van der Waals surface area (Å²) in [7, 11) is 1.98. The maximum atomic E-state index is 13.4. The van der Waals surface area contributed by atoms with E-state index in [1.54, 1.807) is 17.1 Å². The summed E-state index contributed by atoms with van der Waals surface area (Å²) in [6.45, 7) is 4.91. The van der Waals surface area contributed by atoms with Gasteiger partial charge in [0.15, 0.2) is 0 Å². The average molecular weight is 409 g/mol. The number of rotatable bonds is 7. The highest BCUT2D eigenvalue weighted by Gasteiger charge is 2.35. The summed E-state index contributed by atoms with van der Waals surface area (Å²) in [6, 6.07) is 10.6. The number of hydrogen-bond donors (Lipinski definition) is 0. The molecule has 1 aliphatic heterocycles. The lowest BCUT2D eigenvalue weighted by molar-refractivity contribution is -0.134. The minimum atomic E-state index is -0.277. The molecule has 0 N–H and O–H groups in total. The van der Waals surface area contributed by atoms with Crippen molar-refractivity contribution in [3.8, 4) is 0 Å². The number of aryl methyl sites for hydroxylation is 1. The molecule has 1 saturated carbocycles. The fourth-order valence-corrected chi connectivity index (χ4v) is 4.63. The third kappa shape index (κ3) is 4.24. The monoisotopic (exact) mass is 408 g/mol. The highest BCUT2D eigenvalue weighted by molar-refractivity contribution is 6.03. The highest BCUT2D eigenvalue weighted by atomic mass is 19.1. The summed E-state index contributed by atoms with van der Waals surface area (Å²) >= 11 is 0. The second kappa shape index (κ2) is 8.96. The van der Waals surface area contributed by atoms with E-state index in [0.717, 1.165) is 29.8 Å². The van der Waals surface area contributed by atoms with E-state index < -0.39 is 0 Å². The van der Waals surface area contributed by atoms with Gasteiger partial charge in [0.05, 0.1) is 12.3 Å². The summed E-state index contributed by atoms with van der Waals surface area (Å²) in [6.07, 6.45) is 9.16. The molecule has 1 fully saturated rings. The molecule has 1 aromatic carbocycles. The van der Waals surface area contributed by atoms with Crippen LogP contribution in [0.2, 0.25) is 0 Å². The van der Waals surface area contributed by atoms with Gasteiger partial charge in [-0.15, -0.1) is 6.58 Å². The molecule has 30 heavy (non-hydrogen) atoms. The van der Waals surface area contributed by atoms with Gasteiger partial charge in [-0.3, -0.25) is 9.69 Å². The molecule has 2 aliphatic rings. The second-order valence-corrected chi connectivity index (χ2v) is 8.21. The Hall–Kier alpha value is -2.73. The molecule has 2 heterocycles. The number of nitrogens with zero attached hydrogens (tertiary/aromatic N) is 4. The minimum Gasteiger partial charge on any atom is -0.353 e. The minimum absolute atomic E-state index is 0.00735. The molecule has 158 valence electrons. The van der Waals surface area contributed by atoms with Crippen LogP contribution >= 0.6 is 0 Å². The van der Waals surface area contributed by atoms with Crippen molar-refractivity contribution in [1.29, 1.82) is 0 Å². The molecule has 1 amide bonds. The van der Waals surface area contributed by atoms with E-state index in [-0.39, 0.29) is 17.8 Å². The Balaban J connectivity index is 1.60. The molecule has 2 aromatic rings. The summed E-state index contributed by atoms with van der Waals surface area (Å²) in [5.74, 6) is -0.284. The third-order valence-corrected chi connectivity index (χ3v) is 6.21. The second-order valence-electron chi connectivity index (χ2n) is 8.21. The Labute approximate surface area is 177 Å². The smallest absolute Gasteiger partial charge is 0.257 e. The van der Waals surface area contributed by atoms with Crippen molar-refractivity contribution >= 4 is 11.6 Å². The topological polar surface area (TPSA) is 40.8 Å². The normalized spacial score (nSPS) is 19.5. The van der Waals surface area contributed by atoms with Crippen molar-refractivity contribution in [3.63, 3.8) is 0 Å². The van der Waals surface area contributed by atoms with Gasteiger partial charge < -0.3 is 4.57 Å². The van der Waals surface area contributed by atoms with E-state index in [9.17, 15) is 9.18 Å². The molecular weight excluding hydrogens is 379 g/mol. The lowest BCUT2D eigenvalue weighted by Gasteiger charge is -2.30. The van der Waals surface area contributed by atoms with Crippen molar-refractivity contribution in [2.24, 2.45) is 12.1 Å². The summed E-state index contributed by atoms with van der Waals surface area (Å²) in [4.78, 5) is 15.6. The fraction of sp³-hybridized carbons (Fsp3) is 0.417. The van der Waals surface area contributed by atoms with Gasteiger partial charge in [-0.1, -0.05) is 31.1 Å². The third-order valence-electron chi connectivity index (χ3n) is 6.21. The molecule has 0 saturated heterocycles. The molecule has 1 aliphatic carbocycles. The Morgan fingerprint density at radius 2 is 2.00 bits per heavy atom. The number of aromatic nitrogens is 1. The van der Waals surface area contributed by atoms with E-state index in [2.05, 4.69) is 11.5 Å². The van der Waals surface area contributed by atoms with Crippen molar-refractivity contribution in [2.75, 3.05) is 13.1 Å². The first-order valence-electron chi connectivity index (χ1n) is 10.7. The number of benzene rings is 1. The Kier molecular flexibility index (Phi) is 6.13. The lowest BCUT2D eigenvalue weighted by Crippen LogP contribution is -2.42. The van der Waals surface area contributed by atoms with Crippen molar-refractivity contribution < 1.29 is 9.18 Å². The van der Waals surface area contributed by atoms with Gasteiger partial charge in [0, 0.05) is 37.9 Å². The highest BCUT2D eigenvalue weighted by Crippen LogP contribution is 2.33. The number of hydrogen-bond acceptors (Lipinski definition) is 3. The van der Waals surface area contributed by atoms with Gasteiger partial charge in [0.25, 0.3) is 5.91 Å². The molecule has 1 aromatic heterocycles. The molecule has 6 heteroatoms. The number of carbonyl (C=O) groups is 1. The van der Waals surface area contributed by atoms with Crippen LogP contribution in [0.3, 0.4) is 0 Å². The molecule has 0 unspecified atom stereocenters. The van der Waals surface area contributed by atoms with Crippen LogP contribution in [0.1, 0.15) is 49.4 Å². The van der Waals surface area contributed by atoms with Crippen LogP contribution in [-0.2, 0) is 11.8 Å². The standard InChI is InChI=1S/C24H29FN4O/c1-3-14-28(20-7-4-5-8-20)17-24(30)29-23(22-9-6-15-27(22)2)16-21(26-29)18-10-12-19(25)13-11-18/h3,6,9-13,15,20,23H,1,4-5,7-8,14,16-17H2,2H3/t23-/m0/s1. The van der Waals surface area contributed by atoms with Gasteiger partial charge in [-0.05, 0) is 42.7 Å². The Morgan fingerprint density at radius 1 is 1.27 bits per heavy atom. The van der Waals surface area contributed by atoms with Crippen LogP contribution in [-0.4, -0.2) is 45.2 Å². The number of halogens is 1. The first-order chi connectivity index (χ1) is 14.6. The zero-order valence-electron chi connectivity index (χ0n) is 17.5. The quantitative estimate of drug-likeness (QED) is 0.642. The largest absolute Gasteiger partial charge is 0.353 e. The van der Waals surface area contributed by atoms with Crippen LogP contribution in [0.5, 0.6) is 0 Å². The predicted octanol–water partition coefficient (Wildman–Crippen LogP) is 4.27. The van der Waals surface area contributed by atoms with E-state index in [0.29, 0.717) is 25.6 Å². The SMILES string of the molecule is C=CCN(CC(=O)N1N=C(c2ccc(F)cc2)C[C@H]1c1cccn1C)C1CCCC1. The molecule has 0 bridgehead atoms. The summed E-state index contributed by atoms with van der Waals surface area (Å²) in [5, 5.41) is 6.36. The van der Waals surface area contributed by atoms with Crippen LogP contribution in [0.4, 0.5) is 4.39 Å². The van der Waals surface area contributed by atoms with Crippen molar-refractivity contribution in [1.82, 2.24) is 14.5 Å². The lowest BCUT2D eigenvalue weighted by atomic mass is 10.0. The number of amides is 1. The van der Waals surface area contributed by atoms with Gasteiger partial charge in [-0.25, -0.2) is 9.40 Å². The zero-order chi connectivity index (χ0) is 21.1. The number of carbonyl (C=O) groups excluding carboxylic acids is 1. The zero-order valence-corrected chi connectivity index (χ0v) is 17.5. The summed E-state index contributed by atoms with van der Waals surface area (Å²) in [5.41, 5.74) is 2.70. The van der Waals surface area contributed by atoms with E-state index in [1.807, 2.05) is 36.0 Å². The first kappa shape index (κ1) is 20.5. The van der Waals surface area contributed by atoms with Crippen molar-refractivity contribution in [2.45, 2.75) is 44.2 Å². The van der Waals surface area contributed by atoms with Crippen LogP contribution in [0, 0.1) is 5.82 Å². The Bertz CT molecular complexity index is 927. The van der Waals surface area contributed by atoms with Crippen LogP contribution in [0.15, 0.2) is 60.4 Å². The van der Waals surface area contributed by atoms with Gasteiger partial charge in [-0.2, -0.15) is 5.10 Å². The summed E-state index contributed by atoms with van der Waals surface area (Å²) < 4.78 is 15.4. The molecule has 1 atom stereocenters.